The zero-order valence-electron chi connectivity index (χ0n) is 11.0. The van der Waals surface area contributed by atoms with Crippen LogP contribution in [0, 0.1) is 0 Å². The highest BCUT2D eigenvalue weighted by molar-refractivity contribution is 5.89. The number of imidazole rings is 1. The molecule has 0 aliphatic carbocycles. The second kappa shape index (κ2) is 4.30. The van der Waals surface area contributed by atoms with Gasteiger partial charge in [-0.05, 0) is 37.1 Å². The third kappa shape index (κ3) is 1.74. The van der Waals surface area contributed by atoms with Gasteiger partial charge < -0.3 is 19.3 Å². The standard InChI is InChI=1S/C15H15N3O2/c19-15-16-11-8-10(14-4-3-7-20-14)13(9-12(11)17-15)18-5-1-2-6-18/h3-4,7-9H,1-2,5-6H2,(H2,16,17,19). The normalized spacial score (nSPS) is 15.3. The summed E-state index contributed by atoms with van der Waals surface area (Å²) in [6.45, 7) is 2.10. The zero-order chi connectivity index (χ0) is 13.5. The molecule has 0 spiro atoms. The highest BCUT2D eigenvalue weighted by atomic mass is 16.3. The summed E-state index contributed by atoms with van der Waals surface area (Å²) in [4.78, 5) is 19.5. The molecule has 1 saturated heterocycles. The largest absolute Gasteiger partial charge is 0.464 e. The number of anilines is 1. The first kappa shape index (κ1) is 11.4. The minimum Gasteiger partial charge on any atom is -0.464 e. The van der Waals surface area contributed by atoms with Crippen LogP contribution < -0.4 is 10.6 Å². The van der Waals surface area contributed by atoms with Crippen LogP contribution >= 0.6 is 0 Å². The molecule has 5 nitrogen and oxygen atoms in total. The Morgan fingerprint density at radius 1 is 1.10 bits per heavy atom. The Bertz CT molecular complexity index is 792. The predicted molar refractivity (Wildman–Crippen MR) is 78.1 cm³/mol. The van der Waals surface area contributed by atoms with E-state index in [0.717, 1.165) is 41.1 Å². The van der Waals surface area contributed by atoms with Crippen molar-refractivity contribution in [3.63, 3.8) is 0 Å². The molecular weight excluding hydrogens is 254 g/mol. The second-order valence-corrected chi connectivity index (χ2v) is 5.17. The van der Waals surface area contributed by atoms with Crippen LogP contribution in [0.25, 0.3) is 22.4 Å². The maximum Gasteiger partial charge on any atom is 0.323 e. The van der Waals surface area contributed by atoms with Crippen LogP contribution in [-0.4, -0.2) is 23.1 Å². The van der Waals surface area contributed by atoms with E-state index < -0.39 is 0 Å². The van der Waals surface area contributed by atoms with E-state index in [2.05, 4.69) is 14.9 Å². The molecule has 5 heteroatoms. The van der Waals surface area contributed by atoms with E-state index in [-0.39, 0.29) is 5.69 Å². The van der Waals surface area contributed by atoms with Crippen molar-refractivity contribution in [1.82, 2.24) is 9.97 Å². The molecule has 0 amide bonds. The number of fused-ring (bicyclic) bond motifs is 1. The van der Waals surface area contributed by atoms with Gasteiger partial charge in [-0.1, -0.05) is 0 Å². The summed E-state index contributed by atoms with van der Waals surface area (Å²) >= 11 is 0. The number of rotatable bonds is 2. The Labute approximate surface area is 115 Å². The quantitative estimate of drug-likeness (QED) is 0.751. The molecule has 102 valence electrons. The number of benzene rings is 1. The molecule has 0 saturated carbocycles. The summed E-state index contributed by atoms with van der Waals surface area (Å²) in [7, 11) is 0. The fourth-order valence-corrected chi connectivity index (χ4v) is 2.92. The van der Waals surface area contributed by atoms with Gasteiger partial charge in [-0.15, -0.1) is 0 Å². The van der Waals surface area contributed by atoms with E-state index in [4.69, 9.17) is 4.42 Å². The van der Waals surface area contributed by atoms with Gasteiger partial charge in [0, 0.05) is 24.3 Å². The van der Waals surface area contributed by atoms with Gasteiger partial charge in [0.05, 0.1) is 17.3 Å². The van der Waals surface area contributed by atoms with Crippen LogP contribution in [0.3, 0.4) is 0 Å². The van der Waals surface area contributed by atoms with Crippen LogP contribution in [0.2, 0.25) is 0 Å². The number of hydrogen-bond acceptors (Lipinski definition) is 3. The minimum atomic E-state index is -0.177. The van der Waals surface area contributed by atoms with Gasteiger partial charge >= 0.3 is 5.69 Å². The number of aromatic nitrogens is 2. The lowest BCUT2D eigenvalue weighted by Crippen LogP contribution is -2.18. The Balaban J connectivity index is 1.97. The average Bonchev–Trinajstić information content (AvgIpc) is 3.18. The summed E-state index contributed by atoms with van der Waals surface area (Å²) in [6, 6.07) is 7.86. The lowest BCUT2D eigenvalue weighted by atomic mass is 10.1. The topological polar surface area (TPSA) is 65.0 Å². The first-order valence-electron chi connectivity index (χ1n) is 6.86. The summed E-state index contributed by atoms with van der Waals surface area (Å²) in [5.41, 5.74) is 3.63. The molecule has 1 aromatic carbocycles. The molecule has 0 radical (unpaired) electrons. The van der Waals surface area contributed by atoms with Crippen LogP contribution in [0.4, 0.5) is 5.69 Å². The van der Waals surface area contributed by atoms with Crippen molar-refractivity contribution >= 4 is 16.7 Å². The molecular formula is C15H15N3O2. The molecule has 4 rings (SSSR count). The summed E-state index contributed by atoms with van der Waals surface area (Å²) in [6.07, 6.45) is 4.09. The van der Waals surface area contributed by atoms with E-state index in [1.807, 2.05) is 24.3 Å². The highest BCUT2D eigenvalue weighted by Gasteiger charge is 2.19. The lowest BCUT2D eigenvalue weighted by molar-refractivity contribution is 0.582. The maximum atomic E-state index is 11.5. The fourth-order valence-electron chi connectivity index (χ4n) is 2.92. The number of hydrogen-bond donors (Lipinski definition) is 2. The molecule has 2 aromatic heterocycles. The second-order valence-electron chi connectivity index (χ2n) is 5.17. The molecule has 0 bridgehead atoms. The monoisotopic (exact) mass is 269 g/mol. The van der Waals surface area contributed by atoms with Gasteiger partial charge in [-0.2, -0.15) is 0 Å². The third-order valence-electron chi connectivity index (χ3n) is 3.87. The molecule has 1 aliphatic heterocycles. The maximum absolute atomic E-state index is 11.5. The molecule has 1 fully saturated rings. The number of furan rings is 1. The summed E-state index contributed by atoms with van der Waals surface area (Å²) < 4.78 is 5.55. The van der Waals surface area contributed by atoms with Crippen molar-refractivity contribution < 1.29 is 4.42 Å². The molecule has 2 N–H and O–H groups in total. The average molecular weight is 269 g/mol. The Morgan fingerprint density at radius 3 is 2.55 bits per heavy atom. The Kier molecular flexibility index (Phi) is 2.45. The SMILES string of the molecule is O=c1[nH]c2cc(-c3ccco3)c(N3CCCC3)cc2[nH]1. The van der Waals surface area contributed by atoms with Gasteiger partial charge in [0.15, 0.2) is 0 Å². The van der Waals surface area contributed by atoms with Gasteiger partial charge in [0.2, 0.25) is 0 Å². The smallest absolute Gasteiger partial charge is 0.323 e. The van der Waals surface area contributed by atoms with Gasteiger partial charge in [-0.3, -0.25) is 0 Å². The van der Waals surface area contributed by atoms with Gasteiger partial charge in [0.25, 0.3) is 0 Å². The van der Waals surface area contributed by atoms with E-state index in [1.165, 1.54) is 12.8 Å². The summed E-state index contributed by atoms with van der Waals surface area (Å²) in [5.74, 6) is 0.829. The van der Waals surface area contributed by atoms with Crippen LogP contribution in [0.5, 0.6) is 0 Å². The van der Waals surface area contributed by atoms with Crippen LogP contribution in [-0.2, 0) is 0 Å². The molecule has 0 atom stereocenters. The predicted octanol–water partition coefficient (Wildman–Crippen LogP) is 2.72. The zero-order valence-corrected chi connectivity index (χ0v) is 11.0. The Hall–Kier alpha value is -2.43. The highest BCUT2D eigenvalue weighted by Crippen LogP contribution is 2.35. The van der Waals surface area contributed by atoms with Crippen molar-refractivity contribution in [2.45, 2.75) is 12.8 Å². The van der Waals surface area contributed by atoms with E-state index in [1.54, 1.807) is 6.26 Å². The number of nitrogens with one attached hydrogen (secondary N) is 2. The number of H-pyrrole nitrogens is 2. The molecule has 3 aromatic rings. The lowest BCUT2D eigenvalue weighted by Gasteiger charge is -2.20. The fraction of sp³-hybridized carbons (Fsp3) is 0.267. The first-order chi connectivity index (χ1) is 9.81. The number of aromatic amines is 2. The Morgan fingerprint density at radius 2 is 1.85 bits per heavy atom. The van der Waals surface area contributed by atoms with Crippen molar-refractivity contribution in [3.05, 3.63) is 41.0 Å². The van der Waals surface area contributed by atoms with Gasteiger partial charge in [-0.25, -0.2) is 4.79 Å². The van der Waals surface area contributed by atoms with Crippen molar-refractivity contribution in [2.75, 3.05) is 18.0 Å². The number of nitrogens with zero attached hydrogens (tertiary/aromatic N) is 1. The first-order valence-corrected chi connectivity index (χ1v) is 6.86. The molecule has 20 heavy (non-hydrogen) atoms. The minimum absolute atomic E-state index is 0.177. The van der Waals surface area contributed by atoms with Crippen molar-refractivity contribution in [3.8, 4) is 11.3 Å². The van der Waals surface area contributed by atoms with E-state index in [0.29, 0.717) is 0 Å². The van der Waals surface area contributed by atoms with E-state index in [9.17, 15) is 4.79 Å². The molecule has 3 heterocycles. The van der Waals surface area contributed by atoms with E-state index >= 15 is 0 Å². The van der Waals surface area contributed by atoms with Gasteiger partial charge in [0.1, 0.15) is 5.76 Å². The van der Waals surface area contributed by atoms with Crippen molar-refractivity contribution in [1.29, 1.82) is 0 Å². The molecule has 1 aliphatic rings. The van der Waals surface area contributed by atoms with Crippen molar-refractivity contribution in [2.24, 2.45) is 0 Å². The van der Waals surface area contributed by atoms with Crippen LogP contribution in [0.15, 0.2) is 39.7 Å². The van der Waals surface area contributed by atoms with Crippen LogP contribution in [0.1, 0.15) is 12.8 Å². The summed E-state index contributed by atoms with van der Waals surface area (Å²) in [5, 5.41) is 0. The third-order valence-corrected chi connectivity index (χ3v) is 3.87. The molecule has 0 unspecified atom stereocenters.